The smallest absolute Gasteiger partial charge is 0.234 e. The van der Waals surface area contributed by atoms with E-state index in [4.69, 9.17) is 0 Å². The Labute approximate surface area is 124 Å². The lowest BCUT2D eigenvalue weighted by Gasteiger charge is -2.21. The first-order valence-corrected chi connectivity index (χ1v) is 7.07. The predicted octanol–water partition coefficient (Wildman–Crippen LogP) is 3.93. The van der Waals surface area contributed by atoms with Crippen LogP contribution in [0.15, 0.2) is 60.8 Å². The van der Waals surface area contributed by atoms with E-state index in [0.29, 0.717) is 0 Å². The lowest BCUT2D eigenvalue weighted by molar-refractivity contribution is -0.119. The van der Waals surface area contributed by atoms with Crippen molar-refractivity contribution in [1.82, 2.24) is 4.98 Å². The van der Waals surface area contributed by atoms with Crippen molar-refractivity contribution in [3.8, 4) is 0 Å². The molecule has 1 heterocycles. The number of fused-ring (bicyclic) bond motifs is 1. The molecule has 1 N–H and O–H groups in total. The maximum absolute atomic E-state index is 12.7. The van der Waals surface area contributed by atoms with Crippen molar-refractivity contribution in [2.45, 2.75) is 12.8 Å². The number of aromatic nitrogens is 1. The van der Waals surface area contributed by atoms with E-state index in [1.807, 2.05) is 74.8 Å². The number of hydrogen-bond acceptors (Lipinski definition) is 1. The predicted molar refractivity (Wildman–Crippen MR) is 86.6 cm³/mol. The Bertz CT molecular complexity index is 761. The van der Waals surface area contributed by atoms with Crippen LogP contribution in [0, 0.1) is 0 Å². The fourth-order valence-corrected chi connectivity index (χ4v) is 2.65. The molecule has 0 aliphatic heterocycles. The average molecular weight is 278 g/mol. The molecule has 1 aromatic heterocycles. The van der Waals surface area contributed by atoms with Crippen LogP contribution in [0.5, 0.6) is 0 Å². The molecule has 2 aromatic carbocycles. The van der Waals surface area contributed by atoms with E-state index in [1.54, 1.807) is 4.90 Å². The number of benzene rings is 2. The third-order valence-corrected chi connectivity index (χ3v) is 3.93. The molecule has 3 rings (SSSR count). The van der Waals surface area contributed by atoms with Gasteiger partial charge in [-0.1, -0.05) is 36.4 Å². The van der Waals surface area contributed by atoms with Gasteiger partial charge in [0.2, 0.25) is 5.91 Å². The number of carbonyl (C=O) groups excluding carboxylic acids is 1. The number of amides is 1. The van der Waals surface area contributed by atoms with Gasteiger partial charge < -0.3 is 9.88 Å². The number of para-hydroxylation sites is 2. The highest BCUT2D eigenvalue weighted by Crippen LogP contribution is 2.27. The standard InChI is InChI=1S/C18H18N2O/c1-13(16-12-19-17-11-7-6-10-15(16)17)18(21)20(2)14-8-4-3-5-9-14/h3-13,19H,1-2H3. The number of rotatable bonds is 3. The second-order valence-electron chi connectivity index (χ2n) is 5.24. The van der Waals surface area contributed by atoms with E-state index >= 15 is 0 Å². The zero-order valence-electron chi connectivity index (χ0n) is 12.2. The molecule has 1 unspecified atom stereocenters. The molecule has 0 saturated heterocycles. The summed E-state index contributed by atoms with van der Waals surface area (Å²) in [5.41, 5.74) is 3.02. The van der Waals surface area contributed by atoms with Gasteiger partial charge in [0.05, 0.1) is 5.92 Å². The topological polar surface area (TPSA) is 36.1 Å². The molecule has 0 aliphatic carbocycles. The SMILES string of the molecule is CC(C(=O)N(C)c1ccccc1)c1c[nH]c2ccccc12. The van der Waals surface area contributed by atoms with Crippen LogP contribution in [0.4, 0.5) is 5.69 Å². The first-order chi connectivity index (χ1) is 10.2. The summed E-state index contributed by atoms with van der Waals surface area (Å²) in [6.07, 6.45) is 1.94. The highest BCUT2D eigenvalue weighted by Gasteiger charge is 2.22. The monoisotopic (exact) mass is 278 g/mol. The zero-order valence-corrected chi connectivity index (χ0v) is 12.2. The molecule has 0 bridgehead atoms. The highest BCUT2D eigenvalue weighted by atomic mass is 16.2. The van der Waals surface area contributed by atoms with Crippen molar-refractivity contribution in [2.24, 2.45) is 0 Å². The van der Waals surface area contributed by atoms with Gasteiger partial charge in [-0.2, -0.15) is 0 Å². The van der Waals surface area contributed by atoms with Crippen molar-refractivity contribution in [1.29, 1.82) is 0 Å². The molecule has 1 amide bonds. The van der Waals surface area contributed by atoms with Crippen LogP contribution in [-0.4, -0.2) is 17.9 Å². The van der Waals surface area contributed by atoms with E-state index < -0.39 is 0 Å². The van der Waals surface area contributed by atoms with Gasteiger partial charge in [-0.3, -0.25) is 4.79 Å². The minimum atomic E-state index is -0.189. The molecule has 21 heavy (non-hydrogen) atoms. The number of aromatic amines is 1. The summed E-state index contributed by atoms with van der Waals surface area (Å²) in [6.45, 7) is 1.96. The van der Waals surface area contributed by atoms with Crippen LogP contribution in [0.25, 0.3) is 10.9 Å². The van der Waals surface area contributed by atoms with Gasteiger partial charge in [-0.05, 0) is 30.7 Å². The van der Waals surface area contributed by atoms with E-state index in [1.165, 1.54) is 0 Å². The molecule has 0 saturated carbocycles. The summed E-state index contributed by atoms with van der Waals surface area (Å²) >= 11 is 0. The highest BCUT2D eigenvalue weighted by molar-refractivity contribution is 6.00. The lowest BCUT2D eigenvalue weighted by Crippen LogP contribution is -2.30. The molecule has 0 aliphatic rings. The number of H-pyrrole nitrogens is 1. The number of nitrogens with zero attached hydrogens (tertiary/aromatic N) is 1. The van der Waals surface area contributed by atoms with Gasteiger partial charge in [0.15, 0.2) is 0 Å². The Hall–Kier alpha value is -2.55. The maximum atomic E-state index is 12.7. The second-order valence-corrected chi connectivity index (χ2v) is 5.24. The van der Waals surface area contributed by atoms with Gasteiger partial charge in [0, 0.05) is 29.8 Å². The van der Waals surface area contributed by atoms with Crippen molar-refractivity contribution in [3.63, 3.8) is 0 Å². The molecule has 3 heteroatoms. The minimum Gasteiger partial charge on any atom is -0.361 e. The normalized spacial score (nSPS) is 12.3. The molecule has 0 radical (unpaired) electrons. The largest absolute Gasteiger partial charge is 0.361 e. The van der Waals surface area contributed by atoms with Crippen molar-refractivity contribution in [2.75, 3.05) is 11.9 Å². The van der Waals surface area contributed by atoms with Crippen LogP contribution in [0.3, 0.4) is 0 Å². The maximum Gasteiger partial charge on any atom is 0.234 e. The van der Waals surface area contributed by atoms with E-state index in [2.05, 4.69) is 4.98 Å². The summed E-state index contributed by atoms with van der Waals surface area (Å²) in [6, 6.07) is 17.8. The summed E-state index contributed by atoms with van der Waals surface area (Å²) in [7, 11) is 1.82. The molecule has 0 fully saturated rings. The van der Waals surface area contributed by atoms with Gasteiger partial charge >= 0.3 is 0 Å². The van der Waals surface area contributed by atoms with E-state index in [0.717, 1.165) is 22.2 Å². The van der Waals surface area contributed by atoms with Crippen molar-refractivity contribution >= 4 is 22.5 Å². The number of hydrogen-bond donors (Lipinski definition) is 1. The van der Waals surface area contributed by atoms with Gasteiger partial charge in [0.25, 0.3) is 0 Å². The summed E-state index contributed by atoms with van der Waals surface area (Å²) in [5.74, 6) is -0.0997. The minimum absolute atomic E-state index is 0.0888. The first kappa shape index (κ1) is 13.4. The fourth-order valence-electron chi connectivity index (χ4n) is 2.65. The van der Waals surface area contributed by atoms with Crippen LogP contribution < -0.4 is 4.90 Å². The van der Waals surface area contributed by atoms with Crippen LogP contribution >= 0.6 is 0 Å². The van der Waals surface area contributed by atoms with Crippen LogP contribution in [-0.2, 0) is 4.79 Å². The molecule has 3 aromatic rings. The van der Waals surface area contributed by atoms with Crippen molar-refractivity contribution < 1.29 is 4.79 Å². The molecular weight excluding hydrogens is 260 g/mol. The van der Waals surface area contributed by atoms with Gasteiger partial charge in [0.1, 0.15) is 0 Å². The number of likely N-dealkylation sites (N-methyl/N-ethyl adjacent to an activating group) is 1. The van der Waals surface area contributed by atoms with Gasteiger partial charge in [-0.25, -0.2) is 0 Å². The van der Waals surface area contributed by atoms with E-state index in [-0.39, 0.29) is 11.8 Å². The quantitative estimate of drug-likeness (QED) is 0.774. The Morgan fingerprint density at radius 1 is 1.05 bits per heavy atom. The zero-order chi connectivity index (χ0) is 14.8. The first-order valence-electron chi connectivity index (χ1n) is 7.07. The average Bonchev–Trinajstić information content (AvgIpc) is 2.97. The Kier molecular flexibility index (Phi) is 3.48. The third kappa shape index (κ3) is 2.42. The fraction of sp³-hybridized carbons (Fsp3) is 0.167. The van der Waals surface area contributed by atoms with E-state index in [9.17, 15) is 4.79 Å². The summed E-state index contributed by atoms with van der Waals surface area (Å²) in [4.78, 5) is 17.6. The molecular formula is C18H18N2O. The third-order valence-electron chi connectivity index (χ3n) is 3.93. The number of carbonyl (C=O) groups is 1. The lowest BCUT2D eigenvalue weighted by atomic mass is 9.99. The Balaban J connectivity index is 1.91. The molecule has 0 spiro atoms. The second kappa shape index (κ2) is 5.44. The molecule has 1 atom stereocenters. The molecule has 106 valence electrons. The summed E-state index contributed by atoms with van der Waals surface area (Å²) < 4.78 is 0. The van der Waals surface area contributed by atoms with Crippen LogP contribution in [0.2, 0.25) is 0 Å². The number of anilines is 1. The van der Waals surface area contributed by atoms with Crippen LogP contribution in [0.1, 0.15) is 18.4 Å². The van der Waals surface area contributed by atoms with Gasteiger partial charge in [-0.15, -0.1) is 0 Å². The summed E-state index contributed by atoms with van der Waals surface area (Å²) in [5, 5.41) is 1.11. The Morgan fingerprint density at radius 2 is 1.71 bits per heavy atom. The van der Waals surface area contributed by atoms with Crippen molar-refractivity contribution in [3.05, 3.63) is 66.4 Å². The molecule has 3 nitrogen and oxygen atoms in total. The number of nitrogens with one attached hydrogen (secondary N) is 1. The Morgan fingerprint density at radius 3 is 2.48 bits per heavy atom.